The lowest BCUT2D eigenvalue weighted by Gasteiger charge is -2.13. The maximum absolute atomic E-state index is 12.9. The smallest absolute Gasteiger partial charge is 0.261 e. The minimum atomic E-state index is -0.158. The fourth-order valence-electron chi connectivity index (χ4n) is 4.27. The molecule has 2 amide bonds. The first-order valence-corrected chi connectivity index (χ1v) is 12.6. The molecule has 2 aromatic heterocycles. The number of nitrogens with zero attached hydrogens (tertiary/aromatic N) is 2. The van der Waals surface area contributed by atoms with E-state index in [9.17, 15) is 14.4 Å². The monoisotopic (exact) mass is 482 g/mol. The van der Waals surface area contributed by atoms with E-state index in [1.807, 2.05) is 12.1 Å². The van der Waals surface area contributed by atoms with Crippen LogP contribution in [0.15, 0.2) is 35.4 Å². The number of methoxy groups -OCH3 is 1. The van der Waals surface area contributed by atoms with E-state index in [0.717, 1.165) is 37.7 Å². The van der Waals surface area contributed by atoms with Crippen LogP contribution in [-0.2, 0) is 28.9 Å². The van der Waals surface area contributed by atoms with Gasteiger partial charge in [0.15, 0.2) is 0 Å². The summed E-state index contributed by atoms with van der Waals surface area (Å²) >= 11 is 1.51. The fourth-order valence-corrected chi connectivity index (χ4v) is 5.57. The number of thiophene rings is 1. The van der Waals surface area contributed by atoms with Gasteiger partial charge in [0.2, 0.25) is 5.91 Å². The first-order valence-electron chi connectivity index (χ1n) is 11.7. The highest BCUT2D eigenvalue weighted by Gasteiger charge is 2.26. The Morgan fingerprint density at radius 2 is 2.00 bits per heavy atom. The van der Waals surface area contributed by atoms with E-state index >= 15 is 0 Å². The summed E-state index contributed by atoms with van der Waals surface area (Å²) in [5.74, 6) is -0.298. The van der Waals surface area contributed by atoms with Gasteiger partial charge in [0.05, 0.1) is 22.8 Å². The van der Waals surface area contributed by atoms with Gasteiger partial charge >= 0.3 is 0 Å². The van der Waals surface area contributed by atoms with Crippen molar-refractivity contribution in [2.24, 2.45) is 0 Å². The average molecular weight is 483 g/mol. The lowest BCUT2D eigenvalue weighted by atomic mass is 9.95. The molecule has 0 unspecified atom stereocenters. The van der Waals surface area contributed by atoms with Gasteiger partial charge in [0.25, 0.3) is 11.5 Å². The predicted octanol–water partition coefficient (Wildman–Crippen LogP) is 3.52. The molecule has 4 rings (SSSR count). The Kier molecular flexibility index (Phi) is 8.08. The lowest BCUT2D eigenvalue weighted by molar-refractivity contribution is -0.116. The molecule has 0 aliphatic heterocycles. The highest BCUT2D eigenvalue weighted by molar-refractivity contribution is 7.17. The number of aromatic nitrogens is 2. The van der Waals surface area contributed by atoms with Crippen LogP contribution in [0.3, 0.4) is 0 Å². The van der Waals surface area contributed by atoms with E-state index in [4.69, 9.17) is 4.74 Å². The van der Waals surface area contributed by atoms with Crippen LogP contribution in [0, 0.1) is 0 Å². The van der Waals surface area contributed by atoms with Crippen molar-refractivity contribution in [3.05, 3.63) is 57.0 Å². The van der Waals surface area contributed by atoms with Crippen molar-refractivity contribution in [3.8, 4) is 0 Å². The van der Waals surface area contributed by atoms with Crippen molar-refractivity contribution in [1.82, 2.24) is 14.9 Å². The molecule has 0 fully saturated rings. The van der Waals surface area contributed by atoms with E-state index in [0.29, 0.717) is 47.6 Å². The summed E-state index contributed by atoms with van der Waals surface area (Å²) in [5, 5.41) is 7.13. The molecule has 0 bridgehead atoms. The second-order valence-electron chi connectivity index (χ2n) is 8.43. The zero-order valence-corrected chi connectivity index (χ0v) is 20.2. The summed E-state index contributed by atoms with van der Waals surface area (Å²) in [6.07, 6.45) is 6.96. The summed E-state index contributed by atoms with van der Waals surface area (Å²) < 4.78 is 6.59. The predicted molar refractivity (Wildman–Crippen MR) is 134 cm³/mol. The topological polar surface area (TPSA) is 102 Å². The standard InChI is InChI=1S/C25H30N4O4S/c1-33-15-7-13-26-23(31)22-18-9-3-5-11-20(18)34-24(22)28-21(30)12-6-14-29-16-27-19-10-4-2-8-17(19)25(29)32/h2,4,8,10,16H,3,5-7,9,11-15H2,1H3,(H,26,31)(H,28,30). The van der Waals surface area contributed by atoms with Crippen molar-refractivity contribution in [2.45, 2.75) is 51.5 Å². The molecule has 3 aromatic rings. The molecule has 0 atom stereocenters. The molecule has 2 N–H and O–H groups in total. The van der Waals surface area contributed by atoms with Crippen LogP contribution in [0.5, 0.6) is 0 Å². The van der Waals surface area contributed by atoms with Crippen molar-refractivity contribution in [2.75, 3.05) is 25.6 Å². The van der Waals surface area contributed by atoms with Crippen LogP contribution >= 0.6 is 11.3 Å². The molecule has 1 aliphatic rings. The van der Waals surface area contributed by atoms with Gasteiger partial charge in [0, 0.05) is 38.1 Å². The summed E-state index contributed by atoms with van der Waals surface area (Å²) in [6, 6.07) is 7.23. The highest BCUT2D eigenvalue weighted by atomic mass is 32.1. The molecule has 8 nitrogen and oxygen atoms in total. The van der Waals surface area contributed by atoms with Gasteiger partial charge in [-0.15, -0.1) is 11.3 Å². The Balaban J connectivity index is 1.39. The third kappa shape index (κ3) is 5.53. The molecule has 180 valence electrons. The number of hydrogen-bond acceptors (Lipinski definition) is 6. The molecular formula is C25H30N4O4S. The van der Waals surface area contributed by atoms with Gasteiger partial charge < -0.3 is 15.4 Å². The molecule has 0 radical (unpaired) electrons. The molecule has 9 heteroatoms. The maximum Gasteiger partial charge on any atom is 0.261 e. The molecule has 0 spiro atoms. The number of rotatable bonds is 10. The van der Waals surface area contributed by atoms with Crippen LogP contribution in [0.2, 0.25) is 0 Å². The van der Waals surface area contributed by atoms with Gasteiger partial charge in [-0.25, -0.2) is 4.98 Å². The number of amides is 2. The molecule has 2 heterocycles. The Hall–Kier alpha value is -3.04. The van der Waals surface area contributed by atoms with E-state index in [1.54, 1.807) is 23.8 Å². The van der Waals surface area contributed by atoms with Crippen LogP contribution in [0.1, 0.15) is 52.9 Å². The van der Waals surface area contributed by atoms with Crippen LogP contribution in [0.4, 0.5) is 5.00 Å². The van der Waals surface area contributed by atoms with Crippen molar-refractivity contribution in [3.63, 3.8) is 0 Å². The number of nitrogens with one attached hydrogen (secondary N) is 2. The minimum absolute atomic E-state index is 0.107. The number of anilines is 1. The number of ether oxygens (including phenoxy) is 1. The molecule has 0 saturated carbocycles. The molecule has 0 saturated heterocycles. The third-order valence-electron chi connectivity index (χ3n) is 6.00. The largest absolute Gasteiger partial charge is 0.385 e. The van der Waals surface area contributed by atoms with Crippen LogP contribution < -0.4 is 16.2 Å². The number of fused-ring (bicyclic) bond motifs is 2. The van der Waals surface area contributed by atoms with E-state index in [2.05, 4.69) is 15.6 Å². The number of hydrogen-bond donors (Lipinski definition) is 2. The number of carbonyl (C=O) groups is 2. The van der Waals surface area contributed by atoms with Crippen molar-refractivity contribution < 1.29 is 14.3 Å². The quantitative estimate of drug-likeness (QED) is 0.431. The molecule has 1 aliphatic carbocycles. The normalized spacial score (nSPS) is 13.0. The Bertz CT molecular complexity index is 1230. The summed E-state index contributed by atoms with van der Waals surface area (Å²) in [5.41, 5.74) is 2.24. The second kappa shape index (κ2) is 11.4. The number of aryl methyl sites for hydroxylation is 2. The summed E-state index contributed by atoms with van der Waals surface area (Å²) in [4.78, 5) is 43.8. The second-order valence-corrected chi connectivity index (χ2v) is 9.53. The molecular weight excluding hydrogens is 452 g/mol. The van der Waals surface area contributed by atoms with Crippen LogP contribution in [0.25, 0.3) is 10.9 Å². The van der Waals surface area contributed by atoms with Gasteiger partial charge in [0.1, 0.15) is 5.00 Å². The van der Waals surface area contributed by atoms with Gasteiger partial charge in [-0.2, -0.15) is 0 Å². The van der Waals surface area contributed by atoms with E-state index in [-0.39, 0.29) is 23.8 Å². The van der Waals surface area contributed by atoms with Gasteiger partial charge in [-0.1, -0.05) is 12.1 Å². The Labute approximate surface area is 202 Å². The van der Waals surface area contributed by atoms with Gasteiger partial charge in [-0.3, -0.25) is 19.0 Å². The first kappa shape index (κ1) is 24.1. The van der Waals surface area contributed by atoms with Gasteiger partial charge in [-0.05, 0) is 56.2 Å². The third-order valence-corrected chi connectivity index (χ3v) is 7.20. The summed E-state index contributed by atoms with van der Waals surface area (Å²) in [6.45, 7) is 1.51. The van der Waals surface area contributed by atoms with E-state index < -0.39 is 0 Å². The van der Waals surface area contributed by atoms with Crippen molar-refractivity contribution in [1.29, 1.82) is 0 Å². The fraction of sp³-hybridized carbons (Fsp3) is 0.440. The SMILES string of the molecule is COCCCNC(=O)c1c(NC(=O)CCCn2cnc3ccccc3c2=O)sc2c1CCCC2. The minimum Gasteiger partial charge on any atom is -0.385 e. The highest BCUT2D eigenvalue weighted by Crippen LogP contribution is 2.38. The lowest BCUT2D eigenvalue weighted by Crippen LogP contribution is -2.27. The molecule has 34 heavy (non-hydrogen) atoms. The number of benzene rings is 1. The Morgan fingerprint density at radius 1 is 1.18 bits per heavy atom. The Morgan fingerprint density at radius 3 is 2.85 bits per heavy atom. The number of para-hydroxylation sites is 1. The zero-order chi connectivity index (χ0) is 23.9. The van der Waals surface area contributed by atoms with Crippen molar-refractivity contribution >= 4 is 39.1 Å². The van der Waals surface area contributed by atoms with Crippen LogP contribution in [-0.4, -0.2) is 41.6 Å². The maximum atomic E-state index is 12.9. The summed E-state index contributed by atoms with van der Waals surface area (Å²) in [7, 11) is 1.64. The average Bonchev–Trinajstić information content (AvgIpc) is 3.21. The first-order chi connectivity index (χ1) is 16.6. The number of carbonyl (C=O) groups excluding carboxylic acids is 2. The zero-order valence-electron chi connectivity index (χ0n) is 19.4. The van der Waals surface area contributed by atoms with E-state index in [1.165, 1.54) is 22.5 Å². The molecule has 1 aromatic carbocycles.